The molecule has 1 aromatic rings. The molecule has 0 spiro atoms. The number of hydrogen-bond donors (Lipinski definition) is 2. The smallest absolute Gasteiger partial charge is 0.220 e. The average molecular weight is 247 g/mol. The Balaban J connectivity index is 1.83. The van der Waals surface area contributed by atoms with Crippen LogP contribution < -0.4 is 10.6 Å². The fourth-order valence-electron chi connectivity index (χ4n) is 1.97. The first kappa shape index (κ1) is 12.5. The van der Waals surface area contributed by atoms with Crippen LogP contribution in [0, 0.1) is 17.1 Å². The van der Waals surface area contributed by atoms with Crippen molar-refractivity contribution >= 4 is 5.91 Å². The number of nitriles is 1. The lowest BCUT2D eigenvalue weighted by Crippen LogP contribution is -2.35. The molecule has 0 aromatic heterocycles. The average Bonchev–Trinajstić information content (AvgIpc) is 2.77. The van der Waals surface area contributed by atoms with Gasteiger partial charge in [0.2, 0.25) is 5.91 Å². The maximum Gasteiger partial charge on any atom is 0.220 e. The topological polar surface area (TPSA) is 64.9 Å². The van der Waals surface area contributed by atoms with Crippen LogP contribution in [0.15, 0.2) is 18.2 Å². The second-order valence-corrected chi connectivity index (χ2v) is 4.35. The van der Waals surface area contributed by atoms with Crippen LogP contribution in [-0.4, -0.2) is 18.5 Å². The van der Waals surface area contributed by atoms with E-state index in [-0.39, 0.29) is 17.8 Å². The predicted octanol–water partition coefficient (Wildman–Crippen LogP) is 1.07. The first-order chi connectivity index (χ1) is 8.69. The van der Waals surface area contributed by atoms with Gasteiger partial charge in [-0.05, 0) is 18.6 Å². The van der Waals surface area contributed by atoms with Crippen LogP contribution in [0.25, 0.3) is 0 Å². The summed E-state index contributed by atoms with van der Waals surface area (Å²) < 4.78 is 13.5. The highest BCUT2D eigenvalue weighted by Crippen LogP contribution is 2.10. The molecule has 1 aliphatic heterocycles. The number of hydrogen-bond acceptors (Lipinski definition) is 3. The third-order valence-electron chi connectivity index (χ3n) is 2.97. The van der Waals surface area contributed by atoms with E-state index in [9.17, 15) is 9.18 Å². The van der Waals surface area contributed by atoms with E-state index >= 15 is 0 Å². The van der Waals surface area contributed by atoms with E-state index in [1.165, 1.54) is 6.07 Å². The second-order valence-electron chi connectivity index (χ2n) is 4.35. The summed E-state index contributed by atoms with van der Waals surface area (Å²) in [4.78, 5) is 11.0. The van der Waals surface area contributed by atoms with Crippen LogP contribution in [0.2, 0.25) is 0 Å². The number of nitrogens with zero attached hydrogens (tertiary/aromatic N) is 1. The summed E-state index contributed by atoms with van der Waals surface area (Å²) in [6.07, 6.45) is 1.39. The number of rotatable bonds is 4. The SMILES string of the molecule is N#Cc1ccc(CNCC2CCC(=O)N2)c(F)c1. The molecule has 5 heteroatoms. The van der Waals surface area contributed by atoms with E-state index in [1.807, 2.05) is 6.07 Å². The molecule has 18 heavy (non-hydrogen) atoms. The van der Waals surface area contributed by atoms with Crippen molar-refractivity contribution in [1.82, 2.24) is 10.6 Å². The van der Waals surface area contributed by atoms with Crippen LogP contribution >= 0.6 is 0 Å². The third kappa shape index (κ3) is 3.05. The molecule has 94 valence electrons. The monoisotopic (exact) mass is 247 g/mol. The van der Waals surface area contributed by atoms with Crippen LogP contribution in [0.4, 0.5) is 4.39 Å². The molecule has 0 aliphatic carbocycles. The first-order valence-corrected chi connectivity index (χ1v) is 5.87. The second kappa shape index (κ2) is 5.61. The highest BCUT2D eigenvalue weighted by Gasteiger charge is 2.19. The highest BCUT2D eigenvalue weighted by molar-refractivity contribution is 5.78. The van der Waals surface area contributed by atoms with Crippen LogP contribution in [-0.2, 0) is 11.3 Å². The van der Waals surface area contributed by atoms with Crippen molar-refractivity contribution in [3.63, 3.8) is 0 Å². The maximum absolute atomic E-state index is 13.5. The molecule has 1 heterocycles. The first-order valence-electron chi connectivity index (χ1n) is 5.87. The van der Waals surface area contributed by atoms with E-state index in [4.69, 9.17) is 5.26 Å². The van der Waals surface area contributed by atoms with Gasteiger partial charge in [0, 0.05) is 31.1 Å². The number of halogens is 1. The van der Waals surface area contributed by atoms with Gasteiger partial charge in [0.05, 0.1) is 11.6 Å². The lowest BCUT2D eigenvalue weighted by molar-refractivity contribution is -0.119. The predicted molar refractivity (Wildman–Crippen MR) is 64.0 cm³/mol. The summed E-state index contributed by atoms with van der Waals surface area (Å²) in [6, 6.07) is 6.46. The fourth-order valence-corrected chi connectivity index (χ4v) is 1.97. The van der Waals surface area contributed by atoms with Crippen molar-refractivity contribution in [2.24, 2.45) is 0 Å². The van der Waals surface area contributed by atoms with E-state index in [0.29, 0.717) is 30.6 Å². The Morgan fingerprint density at radius 3 is 3.00 bits per heavy atom. The molecule has 2 N–H and O–H groups in total. The molecule has 1 atom stereocenters. The van der Waals surface area contributed by atoms with E-state index in [0.717, 1.165) is 6.42 Å². The van der Waals surface area contributed by atoms with Crippen LogP contribution in [0.5, 0.6) is 0 Å². The van der Waals surface area contributed by atoms with Crippen molar-refractivity contribution < 1.29 is 9.18 Å². The minimum absolute atomic E-state index is 0.0753. The van der Waals surface area contributed by atoms with Gasteiger partial charge in [-0.2, -0.15) is 5.26 Å². The molecule has 1 fully saturated rings. The van der Waals surface area contributed by atoms with Crippen molar-refractivity contribution in [2.45, 2.75) is 25.4 Å². The lowest BCUT2D eigenvalue weighted by Gasteiger charge is -2.11. The van der Waals surface area contributed by atoms with Crippen molar-refractivity contribution in [3.8, 4) is 6.07 Å². The minimum atomic E-state index is -0.378. The molecule has 2 rings (SSSR count). The zero-order valence-corrected chi connectivity index (χ0v) is 9.87. The Kier molecular flexibility index (Phi) is 3.90. The van der Waals surface area contributed by atoms with Gasteiger partial charge in [0.1, 0.15) is 5.82 Å². The molecule has 4 nitrogen and oxygen atoms in total. The maximum atomic E-state index is 13.5. The van der Waals surface area contributed by atoms with E-state index < -0.39 is 0 Å². The number of nitrogens with one attached hydrogen (secondary N) is 2. The van der Waals surface area contributed by atoms with E-state index in [1.54, 1.807) is 12.1 Å². The summed E-state index contributed by atoms with van der Waals surface area (Å²) in [5, 5.41) is 14.6. The van der Waals surface area contributed by atoms with Gasteiger partial charge in [-0.1, -0.05) is 6.07 Å². The Hall–Kier alpha value is -1.93. The number of benzene rings is 1. The Morgan fingerprint density at radius 1 is 1.56 bits per heavy atom. The summed E-state index contributed by atoms with van der Waals surface area (Å²) in [7, 11) is 0. The van der Waals surface area contributed by atoms with Gasteiger partial charge in [-0.3, -0.25) is 4.79 Å². The quantitative estimate of drug-likeness (QED) is 0.836. The summed E-state index contributed by atoms with van der Waals surface area (Å²) in [5.74, 6) is -0.302. The van der Waals surface area contributed by atoms with Crippen molar-refractivity contribution in [2.75, 3.05) is 6.54 Å². The molecular weight excluding hydrogens is 233 g/mol. The molecule has 0 bridgehead atoms. The van der Waals surface area contributed by atoms with Gasteiger partial charge >= 0.3 is 0 Å². The summed E-state index contributed by atoms with van der Waals surface area (Å²) in [6.45, 7) is 1.02. The van der Waals surface area contributed by atoms with Crippen LogP contribution in [0.3, 0.4) is 0 Å². The largest absolute Gasteiger partial charge is 0.352 e. The van der Waals surface area contributed by atoms with Gasteiger partial charge in [-0.15, -0.1) is 0 Å². The van der Waals surface area contributed by atoms with Crippen molar-refractivity contribution in [3.05, 3.63) is 35.1 Å². The summed E-state index contributed by atoms with van der Waals surface area (Å²) in [5.41, 5.74) is 0.845. The Bertz CT molecular complexity index is 495. The molecule has 1 unspecified atom stereocenters. The fraction of sp³-hybridized carbons (Fsp3) is 0.385. The zero-order chi connectivity index (χ0) is 13.0. The van der Waals surface area contributed by atoms with Gasteiger partial charge < -0.3 is 10.6 Å². The molecule has 1 saturated heterocycles. The summed E-state index contributed by atoms with van der Waals surface area (Å²) >= 11 is 0. The van der Waals surface area contributed by atoms with E-state index in [2.05, 4.69) is 10.6 Å². The van der Waals surface area contributed by atoms with Gasteiger partial charge in [-0.25, -0.2) is 4.39 Å². The standard InChI is InChI=1S/C13H14FN3O/c14-12-5-9(6-15)1-2-10(12)7-16-8-11-3-4-13(18)17-11/h1-2,5,11,16H,3-4,7-8H2,(H,17,18). The molecule has 1 aliphatic rings. The van der Waals surface area contributed by atoms with Gasteiger partial charge in [0.25, 0.3) is 0 Å². The van der Waals surface area contributed by atoms with Crippen molar-refractivity contribution in [1.29, 1.82) is 5.26 Å². The third-order valence-corrected chi connectivity index (χ3v) is 2.97. The minimum Gasteiger partial charge on any atom is -0.352 e. The highest BCUT2D eigenvalue weighted by atomic mass is 19.1. The number of carbonyl (C=O) groups excluding carboxylic acids is 1. The normalized spacial score (nSPS) is 18.4. The lowest BCUT2D eigenvalue weighted by atomic mass is 10.1. The molecule has 1 amide bonds. The Labute approximate surface area is 105 Å². The molecular formula is C13H14FN3O. The number of carbonyl (C=O) groups is 1. The molecule has 0 saturated carbocycles. The molecule has 1 aromatic carbocycles. The van der Waals surface area contributed by atoms with Crippen LogP contribution in [0.1, 0.15) is 24.0 Å². The Morgan fingerprint density at radius 2 is 2.39 bits per heavy atom. The van der Waals surface area contributed by atoms with Gasteiger partial charge in [0.15, 0.2) is 0 Å². The number of amides is 1. The molecule has 0 radical (unpaired) electrons. The zero-order valence-electron chi connectivity index (χ0n) is 9.87.